The average Bonchev–Trinajstić information content (AvgIpc) is 2.79. The van der Waals surface area contributed by atoms with Crippen LogP contribution in [-0.4, -0.2) is 35.0 Å². The molecule has 0 spiro atoms. The molecule has 0 saturated heterocycles. The summed E-state index contributed by atoms with van der Waals surface area (Å²) < 4.78 is 6.40. The second kappa shape index (κ2) is 9.50. The van der Waals surface area contributed by atoms with Gasteiger partial charge in [0.2, 0.25) is 5.12 Å². The van der Waals surface area contributed by atoms with Crippen LogP contribution in [0.4, 0.5) is 5.69 Å². The van der Waals surface area contributed by atoms with Crippen LogP contribution < -0.4 is 10.1 Å². The van der Waals surface area contributed by atoms with Gasteiger partial charge in [0.15, 0.2) is 0 Å². The van der Waals surface area contributed by atoms with Gasteiger partial charge in [-0.15, -0.1) is 12.6 Å². The number of aliphatic imine (C=N–C) groups is 1. The molecule has 4 rings (SSSR count). The fourth-order valence-electron chi connectivity index (χ4n) is 4.73. The number of hydrogen-bond donors (Lipinski definition) is 3. The van der Waals surface area contributed by atoms with E-state index in [1.54, 1.807) is 12.1 Å². The van der Waals surface area contributed by atoms with Gasteiger partial charge in [-0.2, -0.15) is 0 Å². The molecule has 2 aliphatic rings. The Labute approximate surface area is 204 Å². The van der Waals surface area contributed by atoms with Crippen molar-refractivity contribution in [2.75, 3.05) is 18.4 Å². The molecule has 2 aromatic carbocycles. The Balaban J connectivity index is 1.98. The van der Waals surface area contributed by atoms with Gasteiger partial charge >= 0.3 is 5.97 Å². The summed E-state index contributed by atoms with van der Waals surface area (Å²) in [4.78, 5) is 28.7. The summed E-state index contributed by atoms with van der Waals surface area (Å²) in [6, 6.07) is 8.83. The standard InChI is InChI=1S/C27H28N2O4S/c1-5-28-21-12-23-19(9-14(21)3)25(17-8-7-16(27(32)34)11-18(17)26(30)31)20-10-15(4)22(29-6-2)13-24(20)33-23/h7-13,19,25,29H,5-6H2,1-4H3,(H,30,31)(H,32,34). The summed E-state index contributed by atoms with van der Waals surface area (Å²) in [5, 5.41) is 12.9. The van der Waals surface area contributed by atoms with Gasteiger partial charge in [-0.25, -0.2) is 4.79 Å². The minimum absolute atomic E-state index is 0.0876. The van der Waals surface area contributed by atoms with Gasteiger partial charge in [-0.05, 0) is 56.5 Å². The van der Waals surface area contributed by atoms with Crippen LogP contribution in [0.15, 0.2) is 58.8 Å². The van der Waals surface area contributed by atoms with Gasteiger partial charge in [0.25, 0.3) is 0 Å². The molecule has 7 heteroatoms. The SMILES string of the molecule is CCN=C1C=C2Oc3cc(NCC)c(C)cc3C(c3ccc(C(=O)S)cc3C(=O)O)C2C=C1C. The second-order valence-electron chi connectivity index (χ2n) is 8.51. The predicted molar refractivity (Wildman–Crippen MR) is 138 cm³/mol. The van der Waals surface area contributed by atoms with E-state index >= 15 is 0 Å². The number of carboxylic acid groups (broad SMARTS) is 1. The first-order valence-corrected chi connectivity index (χ1v) is 11.8. The maximum absolute atomic E-state index is 12.3. The van der Waals surface area contributed by atoms with Crippen LogP contribution >= 0.6 is 12.6 Å². The largest absolute Gasteiger partial charge is 0.478 e. The topological polar surface area (TPSA) is 88.0 Å². The van der Waals surface area contributed by atoms with E-state index in [4.69, 9.17) is 4.74 Å². The molecule has 2 N–H and O–H groups in total. The van der Waals surface area contributed by atoms with E-state index < -0.39 is 11.1 Å². The molecule has 0 saturated carbocycles. The molecule has 0 fully saturated rings. The predicted octanol–water partition coefficient (Wildman–Crippen LogP) is 5.64. The number of ether oxygens (including phenoxy) is 1. The molecule has 0 aromatic heterocycles. The molecule has 1 aliphatic heterocycles. The van der Waals surface area contributed by atoms with E-state index in [0.29, 0.717) is 17.9 Å². The Morgan fingerprint density at radius 2 is 1.91 bits per heavy atom. The fourth-order valence-corrected chi connectivity index (χ4v) is 4.87. The lowest BCUT2D eigenvalue weighted by molar-refractivity contribution is 0.0695. The van der Waals surface area contributed by atoms with Gasteiger partial charge in [0, 0.05) is 53.9 Å². The minimum atomic E-state index is -1.09. The lowest BCUT2D eigenvalue weighted by Gasteiger charge is -2.37. The maximum atomic E-state index is 12.3. The Morgan fingerprint density at radius 1 is 1.15 bits per heavy atom. The first-order valence-electron chi connectivity index (χ1n) is 11.4. The zero-order valence-corrected chi connectivity index (χ0v) is 20.6. The summed E-state index contributed by atoms with van der Waals surface area (Å²) in [5.41, 5.74) is 5.78. The first kappa shape index (κ1) is 23.8. The van der Waals surface area contributed by atoms with Crippen LogP contribution in [0.3, 0.4) is 0 Å². The molecule has 2 atom stereocenters. The first-order chi connectivity index (χ1) is 16.2. The number of carbonyl (C=O) groups excluding carboxylic acids is 1. The third-order valence-corrected chi connectivity index (χ3v) is 6.54. The summed E-state index contributed by atoms with van der Waals surface area (Å²) in [6.07, 6.45) is 4.06. The number of allylic oxidation sites excluding steroid dienone is 3. The fraction of sp³-hybridized carbons (Fsp3) is 0.296. The van der Waals surface area contributed by atoms with Gasteiger partial charge in [0.05, 0.1) is 11.3 Å². The van der Waals surface area contributed by atoms with Crippen LogP contribution in [0.2, 0.25) is 0 Å². The van der Waals surface area contributed by atoms with Crippen LogP contribution in [0.1, 0.15) is 64.1 Å². The van der Waals surface area contributed by atoms with Crippen molar-refractivity contribution in [3.8, 4) is 5.75 Å². The highest BCUT2D eigenvalue weighted by molar-refractivity contribution is 7.97. The van der Waals surface area contributed by atoms with E-state index in [1.807, 2.05) is 39.8 Å². The Morgan fingerprint density at radius 3 is 2.56 bits per heavy atom. The highest BCUT2D eigenvalue weighted by Crippen LogP contribution is 2.50. The van der Waals surface area contributed by atoms with Crippen LogP contribution in [-0.2, 0) is 0 Å². The van der Waals surface area contributed by atoms with E-state index in [1.165, 1.54) is 6.07 Å². The molecule has 2 unspecified atom stereocenters. The monoisotopic (exact) mass is 476 g/mol. The molecule has 0 amide bonds. The number of nitrogens with zero attached hydrogens (tertiary/aromatic N) is 1. The van der Waals surface area contributed by atoms with Gasteiger partial charge < -0.3 is 15.2 Å². The lowest BCUT2D eigenvalue weighted by Crippen LogP contribution is -2.29. The number of carbonyl (C=O) groups is 2. The summed E-state index contributed by atoms with van der Waals surface area (Å²) in [5.74, 6) is -0.187. The van der Waals surface area contributed by atoms with Crippen molar-refractivity contribution in [3.63, 3.8) is 0 Å². The highest BCUT2D eigenvalue weighted by Gasteiger charge is 2.39. The molecular weight excluding hydrogens is 448 g/mol. The third kappa shape index (κ3) is 4.28. The third-order valence-electron chi connectivity index (χ3n) is 6.28. The minimum Gasteiger partial charge on any atom is -0.478 e. The van der Waals surface area contributed by atoms with Gasteiger partial charge in [0.1, 0.15) is 11.5 Å². The van der Waals surface area contributed by atoms with Crippen molar-refractivity contribution in [2.45, 2.75) is 33.6 Å². The Hall–Kier alpha value is -3.32. The molecule has 176 valence electrons. The number of aromatic carboxylic acids is 1. The molecule has 1 aliphatic carbocycles. The number of nitrogens with one attached hydrogen (secondary N) is 1. The second-order valence-corrected chi connectivity index (χ2v) is 8.92. The average molecular weight is 477 g/mol. The molecule has 34 heavy (non-hydrogen) atoms. The molecule has 0 bridgehead atoms. The number of carboxylic acids is 1. The normalized spacial score (nSPS) is 20.0. The Kier molecular flexibility index (Phi) is 6.66. The van der Waals surface area contributed by atoms with Crippen molar-refractivity contribution in [3.05, 3.63) is 81.6 Å². The van der Waals surface area contributed by atoms with Gasteiger partial charge in [-0.3, -0.25) is 9.79 Å². The summed E-state index contributed by atoms with van der Waals surface area (Å²) in [6.45, 7) is 9.48. The van der Waals surface area contributed by atoms with Crippen molar-refractivity contribution in [1.82, 2.24) is 0 Å². The lowest BCUT2D eigenvalue weighted by atomic mass is 9.73. The van der Waals surface area contributed by atoms with Gasteiger partial charge in [-0.1, -0.05) is 18.2 Å². The van der Waals surface area contributed by atoms with Crippen molar-refractivity contribution >= 4 is 35.1 Å². The van der Waals surface area contributed by atoms with E-state index in [2.05, 4.69) is 35.1 Å². The number of rotatable bonds is 6. The van der Waals surface area contributed by atoms with E-state index in [9.17, 15) is 14.7 Å². The molecular formula is C27H28N2O4S. The Bertz CT molecular complexity index is 1280. The van der Waals surface area contributed by atoms with Crippen molar-refractivity contribution in [2.24, 2.45) is 10.9 Å². The molecule has 1 heterocycles. The number of anilines is 1. The zero-order chi connectivity index (χ0) is 24.6. The van der Waals surface area contributed by atoms with Crippen LogP contribution in [0.5, 0.6) is 5.75 Å². The maximum Gasteiger partial charge on any atom is 0.336 e. The molecule has 0 radical (unpaired) electrons. The van der Waals surface area contributed by atoms with Crippen LogP contribution in [0, 0.1) is 12.8 Å². The van der Waals surface area contributed by atoms with Crippen molar-refractivity contribution in [1.29, 1.82) is 0 Å². The smallest absolute Gasteiger partial charge is 0.336 e. The zero-order valence-electron chi connectivity index (χ0n) is 19.7. The quantitative estimate of drug-likeness (QED) is 0.470. The highest BCUT2D eigenvalue weighted by atomic mass is 32.1. The number of aryl methyl sites for hydroxylation is 1. The molecule has 6 nitrogen and oxygen atoms in total. The van der Waals surface area contributed by atoms with E-state index in [0.717, 1.165) is 40.4 Å². The van der Waals surface area contributed by atoms with Crippen LogP contribution in [0.25, 0.3) is 0 Å². The summed E-state index contributed by atoms with van der Waals surface area (Å²) >= 11 is 3.88. The number of fused-ring (bicyclic) bond motifs is 2. The number of benzene rings is 2. The number of thiol groups is 1. The number of hydrogen-bond acceptors (Lipinski definition) is 5. The van der Waals surface area contributed by atoms with Crippen molar-refractivity contribution < 1.29 is 19.4 Å². The summed E-state index contributed by atoms with van der Waals surface area (Å²) in [7, 11) is 0. The van der Waals surface area contributed by atoms with E-state index in [-0.39, 0.29) is 23.0 Å². The molecule has 2 aromatic rings.